The van der Waals surface area contributed by atoms with E-state index in [0.29, 0.717) is 23.2 Å². The monoisotopic (exact) mass is 387 g/mol. The van der Waals surface area contributed by atoms with E-state index in [0.717, 1.165) is 5.56 Å². The van der Waals surface area contributed by atoms with E-state index in [4.69, 9.17) is 14.0 Å². The van der Waals surface area contributed by atoms with Gasteiger partial charge in [0.1, 0.15) is 5.75 Å². The summed E-state index contributed by atoms with van der Waals surface area (Å²) >= 11 is 1.53. The molecule has 9 heteroatoms. The van der Waals surface area contributed by atoms with Gasteiger partial charge in [-0.3, -0.25) is 9.59 Å². The largest absolute Gasteiger partial charge is 0.497 e. The molecule has 0 aliphatic carbocycles. The molecule has 0 saturated heterocycles. The fourth-order valence-corrected chi connectivity index (χ4v) is 2.82. The number of nitrogens with zero attached hydrogens (tertiary/aromatic N) is 2. The van der Waals surface area contributed by atoms with Crippen LogP contribution in [0.4, 0.5) is 5.69 Å². The quantitative estimate of drug-likeness (QED) is 0.593. The van der Waals surface area contributed by atoms with Crippen LogP contribution in [0.3, 0.4) is 0 Å². The molecule has 0 aliphatic rings. The fourth-order valence-electron chi connectivity index (χ4n) is 2.19. The van der Waals surface area contributed by atoms with E-state index in [1.807, 2.05) is 16.8 Å². The summed E-state index contributed by atoms with van der Waals surface area (Å²) in [6.07, 6.45) is 0.283. The number of aryl methyl sites for hydroxylation is 1. The summed E-state index contributed by atoms with van der Waals surface area (Å²) < 4.78 is 15.2. The molecule has 140 valence electrons. The van der Waals surface area contributed by atoms with Gasteiger partial charge >= 0.3 is 5.97 Å². The molecule has 0 saturated carbocycles. The Morgan fingerprint density at radius 2 is 2.19 bits per heavy atom. The van der Waals surface area contributed by atoms with Gasteiger partial charge in [0, 0.05) is 29.1 Å². The number of thiophene rings is 1. The third-order valence-corrected chi connectivity index (χ3v) is 4.19. The zero-order valence-corrected chi connectivity index (χ0v) is 15.3. The first-order valence-corrected chi connectivity index (χ1v) is 9.03. The third kappa shape index (κ3) is 5.38. The van der Waals surface area contributed by atoms with Crippen molar-refractivity contribution in [2.45, 2.75) is 12.8 Å². The van der Waals surface area contributed by atoms with Crippen molar-refractivity contribution in [1.82, 2.24) is 10.1 Å². The highest BCUT2D eigenvalue weighted by Crippen LogP contribution is 2.19. The third-order valence-electron chi connectivity index (χ3n) is 3.51. The Morgan fingerprint density at radius 3 is 2.96 bits per heavy atom. The summed E-state index contributed by atoms with van der Waals surface area (Å²) in [5, 5.41) is 10.3. The second-order valence-corrected chi connectivity index (χ2v) is 6.24. The van der Waals surface area contributed by atoms with E-state index >= 15 is 0 Å². The number of hydrogen-bond acceptors (Lipinski definition) is 8. The Bertz CT molecular complexity index is 907. The lowest BCUT2D eigenvalue weighted by molar-refractivity contribution is -0.147. The van der Waals surface area contributed by atoms with Crippen molar-refractivity contribution >= 4 is 28.9 Å². The van der Waals surface area contributed by atoms with Crippen LogP contribution >= 0.6 is 11.3 Å². The van der Waals surface area contributed by atoms with Crippen molar-refractivity contribution in [2.75, 3.05) is 19.0 Å². The van der Waals surface area contributed by atoms with Gasteiger partial charge in [-0.15, -0.1) is 0 Å². The van der Waals surface area contributed by atoms with Gasteiger partial charge in [-0.05, 0) is 23.6 Å². The number of hydrogen-bond donors (Lipinski definition) is 1. The van der Waals surface area contributed by atoms with Crippen molar-refractivity contribution in [3.63, 3.8) is 0 Å². The molecular formula is C18H17N3O5S. The van der Waals surface area contributed by atoms with Crippen LogP contribution in [-0.4, -0.2) is 35.7 Å². The molecule has 0 unspecified atom stereocenters. The number of nitrogens with one attached hydrogen (secondary N) is 1. The van der Waals surface area contributed by atoms with E-state index < -0.39 is 11.9 Å². The number of benzene rings is 1. The lowest BCUT2D eigenvalue weighted by Gasteiger charge is -2.07. The minimum Gasteiger partial charge on any atom is -0.497 e. The second kappa shape index (κ2) is 8.95. The number of anilines is 1. The summed E-state index contributed by atoms with van der Waals surface area (Å²) in [7, 11) is 1.54. The second-order valence-electron chi connectivity index (χ2n) is 5.46. The van der Waals surface area contributed by atoms with Crippen LogP contribution < -0.4 is 10.1 Å². The Kier molecular flexibility index (Phi) is 6.16. The van der Waals surface area contributed by atoms with Crippen molar-refractivity contribution in [3.8, 4) is 17.1 Å². The molecular weight excluding hydrogens is 370 g/mol. The minimum absolute atomic E-state index is 0.0394. The van der Waals surface area contributed by atoms with Crippen LogP contribution in [0.25, 0.3) is 11.4 Å². The van der Waals surface area contributed by atoms with Crippen LogP contribution in [0.15, 0.2) is 45.6 Å². The summed E-state index contributed by atoms with van der Waals surface area (Å²) in [6, 6.07) is 8.77. The van der Waals surface area contributed by atoms with E-state index in [-0.39, 0.29) is 19.4 Å². The summed E-state index contributed by atoms with van der Waals surface area (Å²) in [6.45, 7) is -0.375. The van der Waals surface area contributed by atoms with Crippen LogP contribution in [0.2, 0.25) is 0 Å². The van der Waals surface area contributed by atoms with Crippen LogP contribution in [-0.2, 0) is 20.7 Å². The predicted octanol–water partition coefficient (Wildman–Crippen LogP) is 2.92. The van der Waals surface area contributed by atoms with Crippen LogP contribution in [0.5, 0.6) is 5.75 Å². The van der Waals surface area contributed by atoms with Crippen LogP contribution in [0, 0.1) is 0 Å². The molecule has 3 aromatic rings. The number of rotatable bonds is 8. The number of amides is 1. The minimum atomic E-state index is -0.522. The first-order valence-electron chi connectivity index (χ1n) is 8.09. The van der Waals surface area contributed by atoms with Crippen molar-refractivity contribution < 1.29 is 23.6 Å². The Morgan fingerprint density at radius 1 is 1.30 bits per heavy atom. The van der Waals surface area contributed by atoms with E-state index in [9.17, 15) is 9.59 Å². The standard InChI is InChI=1S/C18H17N3O5S/c1-24-14-4-2-3-13(9-14)19-15(22)10-25-17(23)6-5-16-20-18(21-26-16)12-7-8-27-11-12/h2-4,7-9,11H,5-6,10H2,1H3,(H,19,22). The SMILES string of the molecule is COc1cccc(NC(=O)COC(=O)CCc2nc(-c3ccsc3)no2)c1. The van der Waals surface area contributed by atoms with E-state index in [1.165, 1.54) is 18.4 Å². The molecule has 2 aromatic heterocycles. The smallest absolute Gasteiger partial charge is 0.306 e. The maximum Gasteiger partial charge on any atom is 0.306 e. The molecule has 2 heterocycles. The van der Waals surface area contributed by atoms with Gasteiger partial charge in [0.2, 0.25) is 11.7 Å². The van der Waals surface area contributed by atoms with Gasteiger partial charge in [0.25, 0.3) is 5.91 Å². The number of ether oxygens (including phenoxy) is 2. The maximum absolute atomic E-state index is 11.9. The highest BCUT2D eigenvalue weighted by atomic mass is 32.1. The molecule has 0 spiro atoms. The number of aromatic nitrogens is 2. The molecule has 3 rings (SSSR count). The Labute approximate surface area is 159 Å². The van der Waals surface area contributed by atoms with Gasteiger partial charge < -0.3 is 19.3 Å². The average Bonchev–Trinajstić information content (AvgIpc) is 3.36. The molecule has 0 bridgehead atoms. The van der Waals surface area contributed by atoms with Gasteiger partial charge in [0.15, 0.2) is 6.61 Å². The van der Waals surface area contributed by atoms with Gasteiger partial charge in [-0.25, -0.2) is 0 Å². The molecule has 1 amide bonds. The molecule has 8 nitrogen and oxygen atoms in total. The lowest BCUT2D eigenvalue weighted by atomic mass is 10.3. The fraction of sp³-hybridized carbons (Fsp3) is 0.222. The van der Waals surface area contributed by atoms with E-state index in [2.05, 4.69) is 15.5 Å². The van der Waals surface area contributed by atoms with Crippen molar-refractivity contribution in [1.29, 1.82) is 0 Å². The van der Waals surface area contributed by atoms with Gasteiger partial charge in [0.05, 0.1) is 13.5 Å². The normalized spacial score (nSPS) is 10.4. The number of carbonyl (C=O) groups is 2. The maximum atomic E-state index is 11.9. The first-order chi connectivity index (χ1) is 13.1. The van der Waals surface area contributed by atoms with E-state index in [1.54, 1.807) is 24.3 Å². The molecule has 27 heavy (non-hydrogen) atoms. The molecule has 0 aliphatic heterocycles. The van der Waals surface area contributed by atoms with Crippen LogP contribution in [0.1, 0.15) is 12.3 Å². The zero-order chi connectivity index (χ0) is 19.1. The highest BCUT2D eigenvalue weighted by Gasteiger charge is 2.13. The summed E-state index contributed by atoms with van der Waals surface area (Å²) in [4.78, 5) is 27.9. The Hall–Kier alpha value is -3.20. The predicted molar refractivity (Wildman–Crippen MR) is 98.5 cm³/mol. The topological polar surface area (TPSA) is 104 Å². The van der Waals surface area contributed by atoms with Crippen molar-refractivity contribution in [2.24, 2.45) is 0 Å². The lowest BCUT2D eigenvalue weighted by Crippen LogP contribution is -2.21. The highest BCUT2D eigenvalue weighted by molar-refractivity contribution is 7.08. The van der Waals surface area contributed by atoms with Crippen molar-refractivity contribution in [3.05, 3.63) is 47.0 Å². The van der Waals surface area contributed by atoms with Gasteiger partial charge in [-0.1, -0.05) is 11.2 Å². The number of methoxy groups -OCH3 is 1. The first kappa shape index (κ1) is 18.6. The summed E-state index contributed by atoms with van der Waals surface area (Å²) in [5.74, 6) is 0.484. The Balaban J connectivity index is 1.41. The molecule has 1 N–H and O–H groups in total. The molecule has 0 atom stereocenters. The van der Waals surface area contributed by atoms with Gasteiger partial charge in [-0.2, -0.15) is 16.3 Å². The average molecular weight is 387 g/mol. The number of esters is 1. The number of carbonyl (C=O) groups excluding carboxylic acids is 2. The zero-order valence-electron chi connectivity index (χ0n) is 14.5. The molecule has 0 fully saturated rings. The summed E-state index contributed by atoms with van der Waals surface area (Å²) in [5.41, 5.74) is 1.43. The molecule has 1 aromatic carbocycles. The molecule has 0 radical (unpaired) electrons.